The van der Waals surface area contributed by atoms with Crippen molar-refractivity contribution in [1.82, 2.24) is 4.57 Å². The molecular weight excluding hydrogens is 765 g/mol. The molecular formula is C60H40N2O. The highest BCUT2D eigenvalue weighted by Gasteiger charge is 2.16. The van der Waals surface area contributed by atoms with Crippen LogP contribution in [0.3, 0.4) is 0 Å². The van der Waals surface area contributed by atoms with Crippen LogP contribution < -0.4 is 4.90 Å². The predicted octanol–water partition coefficient (Wildman–Crippen LogP) is 16.8. The number of furan rings is 1. The van der Waals surface area contributed by atoms with Gasteiger partial charge in [-0.1, -0.05) is 164 Å². The van der Waals surface area contributed by atoms with Crippen molar-refractivity contribution in [2.75, 3.05) is 4.90 Å². The highest BCUT2D eigenvalue weighted by atomic mass is 16.3. The lowest BCUT2D eigenvalue weighted by Gasteiger charge is -2.26. The van der Waals surface area contributed by atoms with Crippen LogP contribution in [0.4, 0.5) is 17.1 Å². The van der Waals surface area contributed by atoms with E-state index in [-0.39, 0.29) is 0 Å². The van der Waals surface area contributed by atoms with Gasteiger partial charge in [0.2, 0.25) is 0 Å². The molecule has 0 bridgehead atoms. The highest BCUT2D eigenvalue weighted by molar-refractivity contribution is 6.09. The van der Waals surface area contributed by atoms with E-state index < -0.39 is 0 Å². The van der Waals surface area contributed by atoms with Crippen LogP contribution in [0.1, 0.15) is 0 Å². The first kappa shape index (κ1) is 36.5. The van der Waals surface area contributed by atoms with Crippen LogP contribution in [0.2, 0.25) is 0 Å². The van der Waals surface area contributed by atoms with Crippen molar-refractivity contribution in [3.05, 3.63) is 243 Å². The van der Waals surface area contributed by atoms with E-state index in [1.807, 2.05) is 12.1 Å². The Kier molecular flexibility index (Phi) is 8.83. The van der Waals surface area contributed by atoms with Crippen molar-refractivity contribution in [1.29, 1.82) is 0 Å². The van der Waals surface area contributed by atoms with Gasteiger partial charge >= 0.3 is 0 Å². The van der Waals surface area contributed by atoms with Crippen molar-refractivity contribution in [3.8, 4) is 50.2 Å². The number of hydrogen-bond acceptors (Lipinski definition) is 2. The number of fused-ring (bicyclic) bond motifs is 6. The van der Waals surface area contributed by atoms with Crippen LogP contribution in [0.25, 0.3) is 93.9 Å². The molecule has 0 fully saturated rings. The summed E-state index contributed by atoms with van der Waals surface area (Å²) in [7, 11) is 0. The predicted molar refractivity (Wildman–Crippen MR) is 264 cm³/mol. The Morgan fingerprint density at radius 3 is 1.37 bits per heavy atom. The minimum absolute atomic E-state index is 0.909. The number of para-hydroxylation sites is 3. The van der Waals surface area contributed by atoms with Gasteiger partial charge in [0.05, 0.1) is 11.0 Å². The lowest BCUT2D eigenvalue weighted by Crippen LogP contribution is -2.10. The first-order chi connectivity index (χ1) is 31.2. The maximum absolute atomic E-state index is 6.19. The Labute approximate surface area is 366 Å². The molecule has 12 aromatic rings. The first-order valence-corrected chi connectivity index (χ1v) is 21.5. The Bertz CT molecular complexity index is 3550. The molecule has 0 saturated carbocycles. The van der Waals surface area contributed by atoms with E-state index in [0.29, 0.717) is 0 Å². The van der Waals surface area contributed by atoms with Crippen LogP contribution >= 0.6 is 0 Å². The maximum Gasteiger partial charge on any atom is 0.136 e. The number of rotatable bonds is 8. The first-order valence-electron chi connectivity index (χ1n) is 21.5. The Hall–Kier alpha value is -8.40. The molecule has 0 aliphatic carbocycles. The summed E-state index contributed by atoms with van der Waals surface area (Å²) >= 11 is 0. The molecule has 0 radical (unpaired) electrons. The van der Waals surface area contributed by atoms with Gasteiger partial charge in [-0.3, -0.25) is 0 Å². The second-order valence-corrected chi connectivity index (χ2v) is 16.2. The molecule has 63 heavy (non-hydrogen) atoms. The number of anilines is 3. The molecule has 0 amide bonds. The third-order valence-corrected chi connectivity index (χ3v) is 12.4. The maximum atomic E-state index is 6.19. The standard InChI is InChI=1S/C60H40N2O/c1-2-12-41(13-3-1)46-14-10-16-51(38-46)61(49-33-28-43(29-34-49)42-24-26-44(27-25-42)48-32-37-56-55-20-6-9-23-59(55)63-60(56)40-48)50-35-30-45(31-36-50)47-15-11-17-52(39-47)62-57-21-7-4-18-53(57)54-19-5-8-22-58(54)62/h1-40H. The summed E-state index contributed by atoms with van der Waals surface area (Å²) in [6.07, 6.45) is 0. The second kappa shape index (κ2) is 15.3. The van der Waals surface area contributed by atoms with Crippen LogP contribution in [0.15, 0.2) is 247 Å². The minimum atomic E-state index is 0.909. The fourth-order valence-electron chi connectivity index (χ4n) is 9.29. The molecule has 0 saturated heterocycles. The summed E-state index contributed by atoms with van der Waals surface area (Å²) in [5.41, 5.74) is 18.0. The summed E-state index contributed by atoms with van der Waals surface area (Å²) in [5.74, 6) is 0. The molecule has 0 aliphatic heterocycles. The molecule has 0 atom stereocenters. The van der Waals surface area contributed by atoms with Gasteiger partial charge in [0, 0.05) is 44.3 Å². The van der Waals surface area contributed by atoms with Crippen LogP contribution in [-0.4, -0.2) is 4.57 Å². The third-order valence-electron chi connectivity index (χ3n) is 12.4. The molecule has 3 nitrogen and oxygen atoms in total. The zero-order valence-corrected chi connectivity index (χ0v) is 34.4. The van der Waals surface area contributed by atoms with Crippen LogP contribution in [0, 0.1) is 0 Å². The molecule has 3 heteroatoms. The highest BCUT2D eigenvalue weighted by Crippen LogP contribution is 2.40. The molecule has 0 aliphatic rings. The van der Waals surface area contributed by atoms with Crippen molar-refractivity contribution in [2.45, 2.75) is 0 Å². The zero-order chi connectivity index (χ0) is 41.7. The lowest BCUT2D eigenvalue weighted by molar-refractivity contribution is 0.669. The van der Waals surface area contributed by atoms with Gasteiger partial charge < -0.3 is 13.9 Å². The van der Waals surface area contributed by atoms with Crippen molar-refractivity contribution >= 4 is 60.8 Å². The van der Waals surface area contributed by atoms with Gasteiger partial charge in [-0.05, 0) is 123 Å². The number of benzene rings is 10. The topological polar surface area (TPSA) is 21.3 Å². The van der Waals surface area contributed by atoms with Crippen LogP contribution in [-0.2, 0) is 0 Å². The number of hydrogen-bond donors (Lipinski definition) is 0. The average Bonchev–Trinajstić information content (AvgIpc) is 3.91. The van der Waals surface area contributed by atoms with Gasteiger partial charge in [0.15, 0.2) is 0 Å². The average molecular weight is 805 g/mol. The second-order valence-electron chi connectivity index (χ2n) is 16.2. The quantitative estimate of drug-likeness (QED) is 0.153. The molecule has 2 aromatic heterocycles. The number of nitrogens with zero attached hydrogens (tertiary/aromatic N) is 2. The van der Waals surface area contributed by atoms with E-state index >= 15 is 0 Å². The van der Waals surface area contributed by atoms with Gasteiger partial charge in [0.25, 0.3) is 0 Å². The Balaban J connectivity index is 0.875. The normalized spacial score (nSPS) is 11.5. The minimum Gasteiger partial charge on any atom is -0.456 e. The third kappa shape index (κ3) is 6.55. The van der Waals surface area contributed by atoms with E-state index in [2.05, 4.69) is 240 Å². The molecule has 0 N–H and O–H groups in total. The fourth-order valence-corrected chi connectivity index (χ4v) is 9.29. The van der Waals surface area contributed by atoms with Gasteiger partial charge in [-0.2, -0.15) is 0 Å². The summed E-state index contributed by atoms with van der Waals surface area (Å²) in [6, 6.07) is 87.1. The monoisotopic (exact) mass is 804 g/mol. The largest absolute Gasteiger partial charge is 0.456 e. The number of aromatic nitrogens is 1. The summed E-state index contributed by atoms with van der Waals surface area (Å²) < 4.78 is 8.57. The van der Waals surface area contributed by atoms with E-state index in [1.54, 1.807) is 0 Å². The summed E-state index contributed by atoms with van der Waals surface area (Å²) in [6.45, 7) is 0. The van der Waals surface area contributed by atoms with Gasteiger partial charge in [-0.25, -0.2) is 0 Å². The molecule has 0 spiro atoms. The SMILES string of the molecule is c1ccc(-c2cccc(N(c3ccc(-c4ccc(-c5ccc6c(c5)oc5ccccc56)cc4)cc3)c3ccc(-c4cccc(-n5c6ccccc6c6ccccc65)c4)cc3)c2)cc1. The fraction of sp³-hybridized carbons (Fsp3) is 0. The van der Waals surface area contributed by atoms with E-state index in [4.69, 9.17) is 4.42 Å². The van der Waals surface area contributed by atoms with Gasteiger partial charge in [0.1, 0.15) is 11.2 Å². The molecule has 12 rings (SSSR count). The lowest BCUT2D eigenvalue weighted by atomic mass is 9.99. The van der Waals surface area contributed by atoms with Crippen molar-refractivity contribution in [3.63, 3.8) is 0 Å². The van der Waals surface area contributed by atoms with E-state index in [1.165, 1.54) is 44.1 Å². The van der Waals surface area contributed by atoms with Crippen molar-refractivity contribution in [2.24, 2.45) is 0 Å². The smallest absolute Gasteiger partial charge is 0.136 e. The summed E-state index contributed by atoms with van der Waals surface area (Å²) in [5, 5.41) is 4.82. The molecule has 0 unspecified atom stereocenters. The Morgan fingerprint density at radius 2 is 0.714 bits per heavy atom. The Morgan fingerprint density at radius 1 is 0.270 bits per heavy atom. The summed E-state index contributed by atoms with van der Waals surface area (Å²) in [4.78, 5) is 2.35. The van der Waals surface area contributed by atoms with Gasteiger partial charge in [-0.15, -0.1) is 0 Å². The van der Waals surface area contributed by atoms with Crippen LogP contribution in [0.5, 0.6) is 0 Å². The van der Waals surface area contributed by atoms with E-state index in [9.17, 15) is 0 Å². The molecule has 2 heterocycles. The van der Waals surface area contributed by atoms with Crippen molar-refractivity contribution < 1.29 is 4.42 Å². The zero-order valence-electron chi connectivity index (χ0n) is 34.4. The molecule has 296 valence electrons. The van der Waals surface area contributed by atoms with E-state index in [0.717, 1.165) is 66.9 Å². The molecule has 10 aromatic carbocycles.